The van der Waals surface area contributed by atoms with E-state index in [4.69, 9.17) is 5.73 Å². The molecule has 0 aromatic carbocycles. The Balaban J connectivity index is 2.18. The maximum absolute atomic E-state index is 11.0. The lowest BCUT2D eigenvalue weighted by Crippen LogP contribution is -2.04. The fourth-order valence-electron chi connectivity index (χ4n) is 1.78. The molecule has 5 nitrogen and oxygen atoms in total. The molecular formula is C12H16N4OS. The molecule has 2 heterocycles. The number of anilines is 1. The van der Waals surface area contributed by atoms with Crippen LogP contribution in [-0.2, 0) is 17.3 Å². The van der Waals surface area contributed by atoms with Crippen LogP contribution in [0.2, 0.25) is 0 Å². The maximum Gasteiger partial charge on any atom is 0.0950 e. The Labute approximate surface area is 109 Å². The summed E-state index contributed by atoms with van der Waals surface area (Å²) in [4.78, 5) is 8.22. The van der Waals surface area contributed by atoms with Crippen LogP contribution in [0.5, 0.6) is 0 Å². The molecule has 2 rings (SSSR count). The quantitative estimate of drug-likeness (QED) is 0.883. The van der Waals surface area contributed by atoms with Gasteiger partial charge >= 0.3 is 0 Å². The number of pyridine rings is 1. The van der Waals surface area contributed by atoms with Gasteiger partial charge in [-0.1, -0.05) is 0 Å². The van der Waals surface area contributed by atoms with Crippen molar-refractivity contribution in [2.24, 2.45) is 0 Å². The van der Waals surface area contributed by atoms with Crippen LogP contribution in [0.15, 0.2) is 31.0 Å². The first-order valence-electron chi connectivity index (χ1n) is 5.68. The monoisotopic (exact) mass is 264 g/mol. The second kappa shape index (κ2) is 5.77. The van der Waals surface area contributed by atoms with Gasteiger partial charge in [-0.2, -0.15) is 0 Å². The second-order valence-electron chi connectivity index (χ2n) is 4.07. The number of nitrogen functional groups attached to an aromatic ring is 1. The smallest absolute Gasteiger partial charge is 0.0950 e. The number of aromatic nitrogens is 3. The van der Waals surface area contributed by atoms with Crippen molar-refractivity contribution in [2.75, 3.05) is 17.7 Å². The van der Waals surface area contributed by atoms with Crippen LogP contribution in [0.25, 0.3) is 11.3 Å². The minimum Gasteiger partial charge on any atom is -0.398 e. The topological polar surface area (TPSA) is 73.8 Å². The van der Waals surface area contributed by atoms with E-state index >= 15 is 0 Å². The van der Waals surface area contributed by atoms with Gasteiger partial charge in [0, 0.05) is 53.0 Å². The molecule has 0 saturated carbocycles. The molecule has 0 radical (unpaired) electrons. The van der Waals surface area contributed by atoms with Gasteiger partial charge in [-0.3, -0.25) is 9.19 Å². The Morgan fingerprint density at radius 1 is 1.39 bits per heavy atom. The van der Waals surface area contributed by atoms with E-state index in [0.29, 0.717) is 11.4 Å². The highest BCUT2D eigenvalue weighted by Crippen LogP contribution is 2.24. The lowest BCUT2D eigenvalue weighted by atomic mass is 10.2. The molecule has 0 aliphatic carbocycles. The summed E-state index contributed by atoms with van der Waals surface area (Å²) in [6.07, 6.45) is 9.51. The SMILES string of the molecule is CS(=O)CCCn1cncc1-c1cnccc1N. The Hall–Kier alpha value is -1.69. The van der Waals surface area contributed by atoms with Gasteiger partial charge in [0.05, 0.1) is 18.2 Å². The number of aryl methyl sites for hydroxylation is 1. The summed E-state index contributed by atoms with van der Waals surface area (Å²) < 4.78 is 13.1. The zero-order chi connectivity index (χ0) is 13.0. The highest BCUT2D eigenvalue weighted by Gasteiger charge is 2.08. The Bertz CT molecular complexity index is 553. The number of hydrogen-bond acceptors (Lipinski definition) is 4. The molecule has 0 saturated heterocycles. The van der Waals surface area contributed by atoms with Gasteiger partial charge in [0.15, 0.2) is 0 Å². The molecule has 2 N–H and O–H groups in total. The fourth-order valence-corrected chi connectivity index (χ4v) is 2.32. The number of imidazole rings is 1. The van der Waals surface area contributed by atoms with Crippen molar-refractivity contribution in [1.29, 1.82) is 0 Å². The molecule has 0 fully saturated rings. The second-order valence-corrected chi connectivity index (χ2v) is 5.62. The number of nitrogens with zero attached hydrogens (tertiary/aromatic N) is 3. The van der Waals surface area contributed by atoms with Gasteiger partial charge in [-0.15, -0.1) is 0 Å². The van der Waals surface area contributed by atoms with E-state index < -0.39 is 10.8 Å². The van der Waals surface area contributed by atoms with Gasteiger partial charge in [-0.05, 0) is 12.5 Å². The molecule has 18 heavy (non-hydrogen) atoms. The minimum atomic E-state index is -0.753. The van der Waals surface area contributed by atoms with Gasteiger partial charge < -0.3 is 10.3 Å². The molecule has 0 spiro atoms. The highest BCUT2D eigenvalue weighted by molar-refractivity contribution is 7.84. The molecule has 6 heteroatoms. The summed E-state index contributed by atoms with van der Waals surface area (Å²) >= 11 is 0. The zero-order valence-electron chi connectivity index (χ0n) is 10.2. The van der Waals surface area contributed by atoms with Crippen LogP contribution >= 0.6 is 0 Å². The third kappa shape index (κ3) is 2.95. The molecule has 0 aliphatic rings. The van der Waals surface area contributed by atoms with Crippen LogP contribution in [0, 0.1) is 0 Å². The maximum atomic E-state index is 11.0. The van der Waals surface area contributed by atoms with E-state index in [9.17, 15) is 4.21 Å². The van der Waals surface area contributed by atoms with Crippen molar-refractivity contribution in [1.82, 2.24) is 14.5 Å². The lowest BCUT2D eigenvalue weighted by Gasteiger charge is -2.09. The molecule has 0 bridgehead atoms. The van der Waals surface area contributed by atoms with Crippen molar-refractivity contribution in [2.45, 2.75) is 13.0 Å². The normalized spacial score (nSPS) is 12.5. The number of nitrogens with two attached hydrogens (primary N) is 1. The third-order valence-electron chi connectivity index (χ3n) is 2.67. The van der Waals surface area contributed by atoms with Crippen molar-refractivity contribution >= 4 is 16.5 Å². The van der Waals surface area contributed by atoms with Crippen LogP contribution in [0.3, 0.4) is 0 Å². The summed E-state index contributed by atoms with van der Waals surface area (Å²) in [5, 5.41) is 0. The van der Waals surface area contributed by atoms with E-state index in [1.54, 1.807) is 37.2 Å². The summed E-state index contributed by atoms with van der Waals surface area (Å²) in [6, 6.07) is 1.77. The summed E-state index contributed by atoms with van der Waals surface area (Å²) in [5.74, 6) is 0.695. The van der Waals surface area contributed by atoms with Crippen LogP contribution in [0.4, 0.5) is 5.69 Å². The first-order chi connectivity index (χ1) is 8.68. The van der Waals surface area contributed by atoms with Crippen LogP contribution in [-0.4, -0.2) is 30.8 Å². The molecule has 0 aliphatic heterocycles. The summed E-state index contributed by atoms with van der Waals surface area (Å²) in [6.45, 7) is 0.781. The Morgan fingerprint density at radius 2 is 2.22 bits per heavy atom. The standard InChI is InChI=1S/C12H16N4OS/c1-18(17)6-2-5-16-9-15-8-12(16)10-7-14-4-3-11(10)13/h3-4,7-9H,2,5-6H2,1H3,(H2,13,14). The Kier molecular flexibility index (Phi) is 4.09. The van der Waals surface area contributed by atoms with Crippen LogP contribution < -0.4 is 5.73 Å². The molecule has 2 aromatic heterocycles. The molecule has 96 valence electrons. The van der Waals surface area contributed by atoms with Crippen molar-refractivity contribution in [3.63, 3.8) is 0 Å². The van der Waals surface area contributed by atoms with Crippen molar-refractivity contribution in [3.05, 3.63) is 31.0 Å². The van der Waals surface area contributed by atoms with Gasteiger partial charge in [0.2, 0.25) is 0 Å². The van der Waals surface area contributed by atoms with E-state index in [1.807, 2.05) is 4.57 Å². The van der Waals surface area contributed by atoms with E-state index in [-0.39, 0.29) is 0 Å². The van der Waals surface area contributed by atoms with Gasteiger partial charge in [0.1, 0.15) is 0 Å². The first kappa shape index (κ1) is 12.8. The van der Waals surface area contributed by atoms with Crippen molar-refractivity contribution < 1.29 is 4.21 Å². The third-order valence-corrected chi connectivity index (χ3v) is 3.54. The first-order valence-corrected chi connectivity index (χ1v) is 7.41. The zero-order valence-corrected chi connectivity index (χ0v) is 11.1. The number of hydrogen-bond donors (Lipinski definition) is 1. The average molecular weight is 264 g/mol. The fraction of sp³-hybridized carbons (Fsp3) is 0.333. The predicted octanol–water partition coefficient (Wildman–Crippen LogP) is 1.30. The summed E-state index contributed by atoms with van der Waals surface area (Å²) in [7, 11) is -0.753. The summed E-state index contributed by atoms with van der Waals surface area (Å²) in [5.41, 5.74) is 8.44. The molecular weight excluding hydrogens is 248 g/mol. The number of rotatable bonds is 5. The minimum absolute atomic E-state index is 0.686. The van der Waals surface area contributed by atoms with E-state index in [1.165, 1.54) is 0 Å². The lowest BCUT2D eigenvalue weighted by molar-refractivity contribution is 0.663. The van der Waals surface area contributed by atoms with Gasteiger partial charge in [-0.25, -0.2) is 4.98 Å². The van der Waals surface area contributed by atoms with Crippen LogP contribution in [0.1, 0.15) is 6.42 Å². The average Bonchev–Trinajstić information content (AvgIpc) is 2.77. The molecule has 1 atom stereocenters. The van der Waals surface area contributed by atoms with Crippen molar-refractivity contribution in [3.8, 4) is 11.3 Å². The highest BCUT2D eigenvalue weighted by atomic mass is 32.2. The molecule has 1 unspecified atom stereocenters. The molecule has 2 aromatic rings. The van der Waals surface area contributed by atoms with E-state index in [0.717, 1.165) is 24.2 Å². The van der Waals surface area contributed by atoms with E-state index in [2.05, 4.69) is 9.97 Å². The predicted molar refractivity (Wildman–Crippen MR) is 73.4 cm³/mol. The molecule has 0 amide bonds. The van der Waals surface area contributed by atoms with Gasteiger partial charge in [0.25, 0.3) is 0 Å². The largest absolute Gasteiger partial charge is 0.398 e. The Morgan fingerprint density at radius 3 is 2.94 bits per heavy atom.